The van der Waals surface area contributed by atoms with E-state index in [1.165, 1.54) is 0 Å². The number of nitrogens with zero attached hydrogens (tertiary/aromatic N) is 1. The van der Waals surface area contributed by atoms with E-state index in [1.54, 1.807) is 18.6 Å². The number of amides is 3. The number of aromatic nitrogens is 1. The van der Waals surface area contributed by atoms with Gasteiger partial charge in [0.2, 0.25) is 17.7 Å². The van der Waals surface area contributed by atoms with Crippen LogP contribution in [-0.4, -0.2) is 40.5 Å². The van der Waals surface area contributed by atoms with Gasteiger partial charge in [-0.05, 0) is 30.0 Å². The van der Waals surface area contributed by atoms with Crippen LogP contribution in [0.5, 0.6) is 0 Å². The molecule has 0 aliphatic carbocycles. The fourth-order valence-electron chi connectivity index (χ4n) is 3.65. The van der Waals surface area contributed by atoms with Gasteiger partial charge in [0.15, 0.2) is 0 Å². The second-order valence-corrected chi connectivity index (χ2v) is 8.61. The SMILES string of the molecule is CC(C)C[C@@H](C(=O)N[C@@H](Cc1ccccc1)C(=O)NCCc1ccccn1)[C@H](C)C(=O)NO. The van der Waals surface area contributed by atoms with Gasteiger partial charge in [-0.1, -0.05) is 57.2 Å². The Morgan fingerprint density at radius 3 is 2.24 bits per heavy atom. The largest absolute Gasteiger partial charge is 0.354 e. The summed E-state index contributed by atoms with van der Waals surface area (Å²) in [6.07, 6.45) is 3.03. The maximum atomic E-state index is 13.2. The molecule has 0 bridgehead atoms. The van der Waals surface area contributed by atoms with Crippen LogP contribution < -0.4 is 16.1 Å². The van der Waals surface area contributed by atoms with Gasteiger partial charge in [-0.15, -0.1) is 0 Å². The zero-order valence-electron chi connectivity index (χ0n) is 19.5. The second-order valence-electron chi connectivity index (χ2n) is 8.61. The molecule has 33 heavy (non-hydrogen) atoms. The molecular weight excluding hydrogens is 420 g/mol. The molecule has 4 N–H and O–H groups in total. The van der Waals surface area contributed by atoms with Crippen molar-refractivity contribution in [3.8, 4) is 0 Å². The lowest BCUT2D eigenvalue weighted by Crippen LogP contribution is -2.51. The quantitative estimate of drug-likeness (QED) is 0.290. The fourth-order valence-corrected chi connectivity index (χ4v) is 3.65. The Bertz CT molecular complexity index is 890. The third-order valence-corrected chi connectivity index (χ3v) is 5.51. The summed E-state index contributed by atoms with van der Waals surface area (Å²) in [5.74, 6) is -2.60. The maximum Gasteiger partial charge on any atom is 0.246 e. The maximum absolute atomic E-state index is 13.2. The van der Waals surface area contributed by atoms with E-state index in [4.69, 9.17) is 5.21 Å². The first-order chi connectivity index (χ1) is 15.8. The van der Waals surface area contributed by atoms with E-state index >= 15 is 0 Å². The predicted molar refractivity (Wildman–Crippen MR) is 125 cm³/mol. The molecule has 8 nitrogen and oxygen atoms in total. The molecule has 178 valence electrons. The summed E-state index contributed by atoms with van der Waals surface area (Å²) in [5, 5.41) is 14.8. The van der Waals surface area contributed by atoms with E-state index in [0.717, 1.165) is 11.3 Å². The summed E-state index contributed by atoms with van der Waals surface area (Å²) in [6, 6.07) is 14.2. The van der Waals surface area contributed by atoms with Crippen LogP contribution in [-0.2, 0) is 27.2 Å². The van der Waals surface area contributed by atoms with Crippen molar-refractivity contribution in [2.24, 2.45) is 17.8 Å². The van der Waals surface area contributed by atoms with Crippen LogP contribution in [0.3, 0.4) is 0 Å². The molecule has 0 spiro atoms. The van der Waals surface area contributed by atoms with Crippen molar-refractivity contribution in [2.45, 2.75) is 46.1 Å². The van der Waals surface area contributed by atoms with E-state index < -0.39 is 23.8 Å². The third-order valence-electron chi connectivity index (χ3n) is 5.51. The fraction of sp³-hybridized carbons (Fsp3) is 0.440. The van der Waals surface area contributed by atoms with E-state index in [1.807, 2.05) is 62.4 Å². The molecule has 0 radical (unpaired) electrons. The molecule has 0 aliphatic rings. The molecule has 3 atom stereocenters. The van der Waals surface area contributed by atoms with Crippen LogP contribution in [0.2, 0.25) is 0 Å². The molecule has 1 aromatic heterocycles. The number of benzene rings is 1. The minimum atomic E-state index is -0.803. The molecule has 1 aromatic carbocycles. The molecule has 2 aromatic rings. The highest BCUT2D eigenvalue weighted by atomic mass is 16.5. The van der Waals surface area contributed by atoms with Gasteiger partial charge in [0.05, 0.1) is 0 Å². The Hall–Kier alpha value is -3.26. The van der Waals surface area contributed by atoms with Gasteiger partial charge in [0, 0.05) is 43.1 Å². The summed E-state index contributed by atoms with van der Waals surface area (Å²) in [6.45, 7) is 5.89. The van der Waals surface area contributed by atoms with Crippen LogP contribution in [0.4, 0.5) is 0 Å². The molecule has 3 amide bonds. The van der Waals surface area contributed by atoms with Gasteiger partial charge in [-0.2, -0.15) is 0 Å². The van der Waals surface area contributed by atoms with Gasteiger partial charge >= 0.3 is 0 Å². The number of hydrogen-bond acceptors (Lipinski definition) is 5. The normalized spacial score (nSPS) is 13.6. The first-order valence-electron chi connectivity index (χ1n) is 11.3. The highest BCUT2D eigenvalue weighted by Crippen LogP contribution is 2.22. The van der Waals surface area contributed by atoms with Gasteiger partial charge in [-0.3, -0.25) is 24.6 Å². The van der Waals surface area contributed by atoms with E-state index in [9.17, 15) is 14.4 Å². The van der Waals surface area contributed by atoms with Crippen molar-refractivity contribution in [1.29, 1.82) is 0 Å². The van der Waals surface area contributed by atoms with Crippen molar-refractivity contribution in [3.05, 3.63) is 66.0 Å². The van der Waals surface area contributed by atoms with Crippen LogP contribution in [0.15, 0.2) is 54.7 Å². The smallest absolute Gasteiger partial charge is 0.246 e. The third kappa shape index (κ3) is 8.65. The van der Waals surface area contributed by atoms with E-state index in [2.05, 4.69) is 15.6 Å². The van der Waals surface area contributed by atoms with Crippen LogP contribution in [0.25, 0.3) is 0 Å². The summed E-state index contributed by atoms with van der Waals surface area (Å²) in [5.41, 5.74) is 3.40. The summed E-state index contributed by atoms with van der Waals surface area (Å²) in [7, 11) is 0. The summed E-state index contributed by atoms with van der Waals surface area (Å²) >= 11 is 0. The van der Waals surface area contributed by atoms with Crippen LogP contribution in [0, 0.1) is 17.8 Å². The Kier molecular flexibility index (Phi) is 10.5. The summed E-state index contributed by atoms with van der Waals surface area (Å²) in [4.78, 5) is 42.4. The Morgan fingerprint density at radius 1 is 0.939 bits per heavy atom. The standard InChI is InChI=1S/C25H34N4O4/c1-17(2)15-21(18(3)23(30)29-33)24(31)28-22(16-19-9-5-4-6-10-19)25(32)27-14-12-20-11-7-8-13-26-20/h4-11,13,17-18,21-22,33H,12,14-16H2,1-3H3,(H,27,32)(H,28,31)(H,29,30)/t18-,21+,22-/m0/s1. The van der Waals surface area contributed by atoms with E-state index in [-0.39, 0.29) is 17.7 Å². The Balaban J connectivity index is 2.12. The molecule has 2 rings (SSSR count). The van der Waals surface area contributed by atoms with Crippen molar-refractivity contribution in [2.75, 3.05) is 6.54 Å². The van der Waals surface area contributed by atoms with Crippen LogP contribution in [0.1, 0.15) is 38.4 Å². The number of carbonyl (C=O) groups excluding carboxylic acids is 3. The Labute approximate surface area is 195 Å². The molecule has 1 heterocycles. The number of hydroxylamine groups is 1. The molecule has 0 saturated carbocycles. The zero-order chi connectivity index (χ0) is 24.2. The average molecular weight is 455 g/mol. The molecule has 0 fully saturated rings. The highest BCUT2D eigenvalue weighted by molar-refractivity contribution is 5.91. The van der Waals surface area contributed by atoms with E-state index in [0.29, 0.717) is 25.8 Å². The first-order valence-corrected chi connectivity index (χ1v) is 11.3. The van der Waals surface area contributed by atoms with Gasteiger partial charge in [-0.25, -0.2) is 5.48 Å². The molecule has 0 saturated heterocycles. The van der Waals surface area contributed by atoms with Crippen molar-refractivity contribution >= 4 is 17.7 Å². The number of rotatable bonds is 12. The second kappa shape index (κ2) is 13.3. The average Bonchev–Trinajstić information content (AvgIpc) is 2.82. The summed E-state index contributed by atoms with van der Waals surface area (Å²) < 4.78 is 0. The molecule has 0 aliphatic heterocycles. The van der Waals surface area contributed by atoms with Crippen molar-refractivity contribution < 1.29 is 19.6 Å². The molecular formula is C25H34N4O4. The lowest BCUT2D eigenvalue weighted by molar-refractivity contribution is -0.141. The minimum absolute atomic E-state index is 0.148. The predicted octanol–water partition coefficient (Wildman–Crippen LogP) is 2.27. The highest BCUT2D eigenvalue weighted by Gasteiger charge is 2.33. The molecule has 8 heteroatoms. The minimum Gasteiger partial charge on any atom is -0.354 e. The number of nitrogens with one attached hydrogen (secondary N) is 3. The Morgan fingerprint density at radius 2 is 1.64 bits per heavy atom. The van der Waals surface area contributed by atoms with Gasteiger partial charge in [0.1, 0.15) is 6.04 Å². The lowest BCUT2D eigenvalue weighted by atomic mass is 9.85. The topological polar surface area (TPSA) is 120 Å². The van der Waals surface area contributed by atoms with Crippen LogP contribution >= 0.6 is 0 Å². The number of hydrogen-bond donors (Lipinski definition) is 4. The monoisotopic (exact) mass is 454 g/mol. The van der Waals surface area contributed by atoms with Gasteiger partial charge in [0.25, 0.3) is 0 Å². The first kappa shape index (κ1) is 26.0. The zero-order valence-corrected chi connectivity index (χ0v) is 19.5. The lowest BCUT2D eigenvalue weighted by Gasteiger charge is -2.26. The number of carbonyl (C=O) groups is 3. The molecule has 0 unspecified atom stereocenters. The number of pyridine rings is 1. The van der Waals surface area contributed by atoms with Crippen molar-refractivity contribution in [1.82, 2.24) is 21.1 Å². The van der Waals surface area contributed by atoms with Gasteiger partial charge < -0.3 is 10.6 Å². The van der Waals surface area contributed by atoms with Crippen molar-refractivity contribution in [3.63, 3.8) is 0 Å².